The number of carbonyl (C=O) groups excluding carboxylic acids is 1. The van der Waals surface area contributed by atoms with Gasteiger partial charge < -0.3 is 4.74 Å². The monoisotopic (exact) mass is 253 g/mol. The van der Waals surface area contributed by atoms with Crippen molar-refractivity contribution < 1.29 is 22.1 Å². The molecule has 2 N–H and O–H groups in total. The Morgan fingerprint density at radius 3 is 2.00 bits per heavy atom. The van der Waals surface area contributed by atoms with Gasteiger partial charge in [0, 0.05) is 0 Å². The van der Waals surface area contributed by atoms with E-state index in [9.17, 15) is 13.2 Å². The summed E-state index contributed by atoms with van der Waals surface area (Å²) >= 11 is 0. The molecule has 0 aliphatic heterocycles. The molecular formula is C9H19NO5S. The lowest BCUT2D eigenvalue weighted by Crippen LogP contribution is -2.53. The van der Waals surface area contributed by atoms with Crippen LogP contribution in [0.25, 0.3) is 0 Å². The highest BCUT2D eigenvalue weighted by molar-refractivity contribution is 7.86. The lowest BCUT2D eigenvalue weighted by molar-refractivity contribution is -0.173. The first kappa shape index (κ1) is 15.3. The molecule has 0 fully saturated rings. The maximum Gasteiger partial charge on any atom is 0.355 e. The Morgan fingerprint density at radius 2 is 1.75 bits per heavy atom. The first-order valence-corrected chi connectivity index (χ1v) is 6.64. The minimum atomic E-state index is -3.82. The molecule has 0 aromatic heterocycles. The largest absolute Gasteiger partial charge is 0.457 e. The summed E-state index contributed by atoms with van der Waals surface area (Å²) in [5.74, 6) is -0.895. The van der Waals surface area contributed by atoms with E-state index in [1.165, 1.54) is 6.92 Å². The van der Waals surface area contributed by atoms with Crippen LogP contribution in [0.3, 0.4) is 0 Å². The Kier molecular flexibility index (Phi) is 4.49. The van der Waals surface area contributed by atoms with E-state index in [1.54, 1.807) is 20.8 Å². The van der Waals surface area contributed by atoms with E-state index in [2.05, 4.69) is 4.18 Å². The number of esters is 1. The van der Waals surface area contributed by atoms with Crippen LogP contribution in [0.5, 0.6) is 0 Å². The van der Waals surface area contributed by atoms with Crippen LogP contribution in [0.2, 0.25) is 0 Å². The molecule has 0 saturated heterocycles. The zero-order chi connectivity index (χ0) is 13.2. The summed E-state index contributed by atoms with van der Waals surface area (Å²) < 4.78 is 31.5. The summed E-state index contributed by atoms with van der Waals surface area (Å²) in [5.41, 5.74) is 2.85. The first-order valence-electron chi connectivity index (χ1n) is 4.82. The van der Waals surface area contributed by atoms with E-state index in [4.69, 9.17) is 10.5 Å². The number of hydrogen-bond acceptors (Lipinski definition) is 6. The number of carbonyl (C=O) groups is 1. The molecule has 1 atom stereocenters. The van der Waals surface area contributed by atoms with Gasteiger partial charge in [0.15, 0.2) is 0 Å². The van der Waals surface area contributed by atoms with Crippen LogP contribution in [0.4, 0.5) is 0 Å². The Bertz CT molecular complexity index is 357. The number of ether oxygens (including phenoxy) is 1. The maximum absolute atomic E-state index is 11.7. The molecule has 6 nitrogen and oxygen atoms in total. The molecule has 0 spiro atoms. The molecule has 96 valence electrons. The average molecular weight is 253 g/mol. The average Bonchev–Trinajstić information content (AvgIpc) is 1.97. The van der Waals surface area contributed by atoms with E-state index >= 15 is 0 Å². The van der Waals surface area contributed by atoms with E-state index < -0.39 is 27.4 Å². The van der Waals surface area contributed by atoms with Gasteiger partial charge in [-0.2, -0.15) is 8.42 Å². The van der Waals surface area contributed by atoms with Gasteiger partial charge >= 0.3 is 5.97 Å². The predicted molar refractivity (Wildman–Crippen MR) is 59.0 cm³/mol. The van der Waals surface area contributed by atoms with Gasteiger partial charge in [-0.05, 0) is 27.2 Å². The van der Waals surface area contributed by atoms with Crippen LogP contribution < -0.4 is 5.73 Å². The molecule has 0 saturated carbocycles. The van der Waals surface area contributed by atoms with Crippen molar-refractivity contribution in [2.24, 2.45) is 5.73 Å². The smallest absolute Gasteiger partial charge is 0.355 e. The standard InChI is InChI=1S/C9H19NO5S/c1-6-9(10,15-16(5,12)13)7(11)14-8(2,3)4/h6,10H2,1-5H3. The molecule has 0 rings (SSSR count). The summed E-state index contributed by atoms with van der Waals surface area (Å²) in [6, 6.07) is 0. The van der Waals surface area contributed by atoms with Crippen LogP contribution in [0, 0.1) is 0 Å². The molecule has 0 aliphatic rings. The highest BCUT2D eigenvalue weighted by Gasteiger charge is 2.40. The van der Waals surface area contributed by atoms with Crippen molar-refractivity contribution in [1.29, 1.82) is 0 Å². The third-order valence-corrected chi connectivity index (χ3v) is 2.17. The molecule has 0 heterocycles. The fourth-order valence-corrected chi connectivity index (χ4v) is 1.60. The van der Waals surface area contributed by atoms with Gasteiger partial charge in [-0.15, -0.1) is 0 Å². The third kappa shape index (κ3) is 5.43. The van der Waals surface area contributed by atoms with Crippen molar-refractivity contribution in [2.75, 3.05) is 6.26 Å². The van der Waals surface area contributed by atoms with Crippen LogP contribution in [0.15, 0.2) is 0 Å². The van der Waals surface area contributed by atoms with Gasteiger partial charge in [0.05, 0.1) is 6.26 Å². The second-order valence-corrected chi connectivity index (χ2v) is 6.11. The van der Waals surface area contributed by atoms with Gasteiger partial charge in [-0.25, -0.2) is 8.98 Å². The highest BCUT2D eigenvalue weighted by atomic mass is 32.2. The quantitative estimate of drug-likeness (QED) is 0.442. The predicted octanol–water partition coefficient (Wildman–Crippen LogP) is 0.369. The molecule has 7 heteroatoms. The van der Waals surface area contributed by atoms with E-state index in [1.807, 2.05) is 0 Å². The summed E-state index contributed by atoms with van der Waals surface area (Å²) in [7, 11) is -3.82. The second-order valence-electron chi connectivity index (χ2n) is 4.53. The second kappa shape index (κ2) is 4.68. The Morgan fingerprint density at radius 1 is 1.31 bits per heavy atom. The fourth-order valence-electron chi connectivity index (χ4n) is 0.872. The van der Waals surface area contributed by atoms with Gasteiger partial charge in [0.25, 0.3) is 10.1 Å². The fraction of sp³-hybridized carbons (Fsp3) is 0.889. The Hall–Kier alpha value is -0.660. The minimum absolute atomic E-state index is 0.00498. The summed E-state index contributed by atoms with van der Waals surface area (Å²) in [6.07, 6.45) is 0.823. The van der Waals surface area contributed by atoms with Crippen LogP contribution >= 0.6 is 0 Å². The molecule has 1 unspecified atom stereocenters. The molecule has 0 radical (unpaired) electrons. The summed E-state index contributed by atoms with van der Waals surface area (Å²) in [4.78, 5) is 11.7. The van der Waals surface area contributed by atoms with Gasteiger partial charge in [-0.3, -0.25) is 5.73 Å². The van der Waals surface area contributed by atoms with E-state index in [0.717, 1.165) is 6.26 Å². The topological polar surface area (TPSA) is 95.7 Å². The summed E-state index contributed by atoms with van der Waals surface area (Å²) in [6.45, 7) is 6.50. The molecule has 0 aromatic carbocycles. The first-order chi connectivity index (χ1) is 6.90. The van der Waals surface area contributed by atoms with Crippen molar-refractivity contribution in [1.82, 2.24) is 0 Å². The lowest BCUT2D eigenvalue weighted by Gasteiger charge is -2.29. The Balaban J connectivity index is 4.91. The Labute approximate surface area is 96.2 Å². The SMILES string of the molecule is CCC(N)(OS(C)(=O)=O)C(=O)OC(C)(C)C. The molecule has 0 aliphatic carbocycles. The third-order valence-electron chi connectivity index (χ3n) is 1.57. The van der Waals surface area contributed by atoms with Gasteiger partial charge in [-0.1, -0.05) is 6.92 Å². The molecular weight excluding hydrogens is 234 g/mol. The van der Waals surface area contributed by atoms with Gasteiger partial charge in [0.2, 0.25) is 5.72 Å². The van der Waals surface area contributed by atoms with Gasteiger partial charge in [0.1, 0.15) is 5.60 Å². The minimum Gasteiger partial charge on any atom is -0.457 e. The van der Waals surface area contributed by atoms with Crippen molar-refractivity contribution >= 4 is 16.1 Å². The van der Waals surface area contributed by atoms with Crippen molar-refractivity contribution in [2.45, 2.75) is 45.4 Å². The van der Waals surface area contributed by atoms with Crippen molar-refractivity contribution in [3.05, 3.63) is 0 Å². The number of hydrogen-bond donors (Lipinski definition) is 1. The van der Waals surface area contributed by atoms with E-state index in [0.29, 0.717) is 0 Å². The van der Waals surface area contributed by atoms with E-state index in [-0.39, 0.29) is 6.42 Å². The zero-order valence-electron chi connectivity index (χ0n) is 10.2. The molecule has 0 bridgehead atoms. The maximum atomic E-state index is 11.7. The lowest BCUT2D eigenvalue weighted by atomic mass is 10.1. The van der Waals surface area contributed by atoms with Crippen molar-refractivity contribution in [3.8, 4) is 0 Å². The molecule has 16 heavy (non-hydrogen) atoms. The highest BCUT2D eigenvalue weighted by Crippen LogP contribution is 2.18. The summed E-state index contributed by atoms with van der Waals surface area (Å²) in [5, 5.41) is 0. The van der Waals surface area contributed by atoms with Crippen LogP contribution in [-0.4, -0.2) is 32.0 Å². The zero-order valence-corrected chi connectivity index (χ0v) is 11.1. The molecule has 0 aromatic rings. The normalized spacial score (nSPS) is 16.6. The van der Waals surface area contributed by atoms with Crippen LogP contribution in [0.1, 0.15) is 34.1 Å². The number of rotatable bonds is 4. The number of nitrogens with two attached hydrogens (primary N) is 1. The molecule has 0 amide bonds. The van der Waals surface area contributed by atoms with Crippen molar-refractivity contribution in [3.63, 3.8) is 0 Å². The van der Waals surface area contributed by atoms with Crippen LogP contribution in [-0.2, 0) is 23.8 Å².